The van der Waals surface area contributed by atoms with Crippen LogP contribution in [0.1, 0.15) is 11.1 Å². The van der Waals surface area contributed by atoms with Crippen LogP contribution in [0, 0.1) is 0 Å². The van der Waals surface area contributed by atoms with Crippen molar-refractivity contribution in [1.82, 2.24) is 0 Å². The predicted molar refractivity (Wildman–Crippen MR) is 61.0 cm³/mol. The van der Waals surface area contributed by atoms with Crippen molar-refractivity contribution >= 4 is 29.6 Å². The third-order valence-electron chi connectivity index (χ3n) is 1.87. The highest BCUT2D eigenvalue weighted by molar-refractivity contribution is 6.30. The Morgan fingerprint density at radius 1 is 1.44 bits per heavy atom. The topological polar surface area (TPSA) is 80.4 Å². The van der Waals surface area contributed by atoms with Crippen molar-refractivity contribution in [2.45, 2.75) is 6.42 Å². The monoisotopic (exact) mass is 239 g/mol. The molecule has 0 saturated carbocycles. The summed E-state index contributed by atoms with van der Waals surface area (Å²) in [6.45, 7) is 0. The van der Waals surface area contributed by atoms with E-state index >= 15 is 0 Å². The van der Waals surface area contributed by atoms with E-state index in [2.05, 4.69) is 0 Å². The van der Waals surface area contributed by atoms with Crippen molar-refractivity contribution in [3.63, 3.8) is 0 Å². The largest absolute Gasteiger partial charge is 0.481 e. The normalized spacial score (nSPS) is 10.6. The molecule has 3 N–H and O–H groups in total. The standard InChI is InChI=1S/C11H10ClNO3/c12-9-3-1-7(2-4-10(13)14)8(5-9)6-11(15)16/h1-5H,6H2,(H2,13,14)(H,15,16). The fourth-order valence-electron chi connectivity index (χ4n) is 1.22. The highest BCUT2D eigenvalue weighted by atomic mass is 35.5. The number of carbonyl (C=O) groups is 2. The van der Waals surface area contributed by atoms with Gasteiger partial charge in [-0.25, -0.2) is 0 Å². The molecular formula is C11H10ClNO3. The van der Waals surface area contributed by atoms with Gasteiger partial charge in [0.2, 0.25) is 5.91 Å². The lowest BCUT2D eigenvalue weighted by Crippen LogP contribution is -2.06. The molecule has 0 bridgehead atoms. The molecule has 0 spiro atoms. The Morgan fingerprint density at radius 3 is 2.69 bits per heavy atom. The Hall–Kier alpha value is -1.81. The maximum Gasteiger partial charge on any atom is 0.307 e. The van der Waals surface area contributed by atoms with Crippen LogP contribution >= 0.6 is 11.6 Å². The lowest BCUT2D eigenvalue weighted by molar-refractivity contribution is -0.136. The minimum Gasteiger partial charge on any atom is -0.481 e. The van der Waals surface area contributed by atoms with Crippen LogP contribution in [0.15, 0.2) is 24.3 Å². The molecule has 0 aliphatic rings. The maximum atomic E-state index is 10.6. The SMILES string of the molecule is NC(=O)C=Cc1ccc(Cl)cc1CC(=O)O. The molecule has 0 aliphatic carbocycles. The highest BCUT2D eigenvalue weighted by Gasteiger charge is 2.05. The Balaban J connectivity index is 3.06. The van der Waals surface area contributed by atoms with E-state index in [4.69, 9.17) is 22.4 Å². The van der Waals surface area contributed by atoms with E-state index in [1.165, 1.54) is 12.2 Å². The number of benzene rings is 1. The quantitative estimate of drug-likeness (QED) is 0.781. The van der Waals surface area contributed by atoms with E-state index in [0.717, 1.165) is 0 Å². The molecule has 4 nitrogen and oxygen atoms in total. The van der Waals surface area contributed by atoms with Crippen LogP contribution in [0.25, 0.3) is 6.08 Å². The van der Waals surface area contributed by atoms with Crippen molar-refractivity contribution in [3.05, 3.63) is 40.4 Å². The number of hydrogen-bond donors (Lipinski definition) is 2. The Morgan fingerprint density at radius 2 is 2.12 bits per heavy atom. The first-order valence-corrected chi connectivity index (χ1v) is 4.84. The van der Waals surface area contributed by atoms with Gasteiger partial charge in [-0.2, -0.15) is 0 Å². The third kappa shape index (κ3) is 3.74. The van der Waals surface area contributed by atoms with Crippen LogP contribution in [0.4, 0.5) is 0 Å². The van der Waals surface area contributed by atoms with Gasteiger partial charge in [0.15, 0.2) is 0 Å². The molecule has 0 radical (unpaired) electrons. The number of aliphatic carboxylic acids is 1. The van der Waals surface area contributed by atoms with Gasteiger partial charge >= 0.3 is 5.97 Å². The summed E-state index contributed by atoms with van der Waals surface area (Å²) in [5, 5.41) is 9.15. The van der Waals surface area contributed by atoms with E-state index in [1.54, 1.807) is 18.2 Å². The number of primary amides is 1. The van der Waals surface area contributed by atoms with Crippen LogP contribution in [-0.4, -0.2) is 17.0 Å². The summed E-state index contributed by atoms with van der Waals surface area (Å²) in [6, 6.07) is 4.81. The number of carboxylic acids is 1. The molecule has 1 aromatic carbocycles. The van der Waals surface area contributed by atoms with Crippen LogP contribution in [-0.2, 0) is 16.0 Å². The average Bonchev–Trinajstić information content (AvgIpc) is 2.15. The highest BCUT2D eigenvalue weighted by Crippen LogP contribution is 2.18. The zero-order valence-corrected chi connectivity index (χ0v) is 9.07. The lowest BCUT2D eigenvalue weighted by Gasteiger charge is -2.03. The Bertz CT molecular complexity index is 455. The maximum absolute atomic E-state index is 10.6. The van der Waals surface area contributed by atoms with Gasteiger partial charge in [0, 0.05) is 11.1 Å². The summed E-state index contributed by atoms with van der Waals surface area (Å²) in [7, 11) is 0. The van der Waals surface area contributed by atoms with E-state index < -0.39 is 11.9 Å². The van der Waals surface area contributed by atoms with Crippen molar-refractivity contribution in [1.29, 1.82) is 0 Å². The van der Waals surface area contributed by atoms with Gasteiger partial charge in [-0.1, -0.05) is 17.7 Å². The van der Waals surface area contributed by atoms with Crippen LogP contribution in [0.3, 0.4) is 0 Å². The summed E-state index contributed by atoms with van der Waals surface area (Å²) in [5.74, 6) is -1.55. The van der Waals surface area contributed by atoms with Crippen molar-refractivity contribution in [2.24, 2.45) is 5.73 Å². The van der Waals surface area contributed by atoms with E-state index in [9.17, 15) is 9.59 Å². The molecular weight excluding hydrogens is 230 g/mol. The number of rotatable bonds is 4. The molecule has 0 saturated heterocycles. The molecule has 0 fully saturated rings. The third-order valence-corrected chi connectivity index (χ3v) is 2.11. The first-order valence-electron chi connectivity index (χ1n) is 4.47. The van der Waals surface area contributed by atoms with E-state index in [1.807, 2.05) is 0 Å². The molecule has 16 heavy (non-hydrogen) atoms. The lowest BCUT2D eigenvalue weighted by atomic mass is 10.0. The fourth-order valence-corrected chi connectivity index (χ4v) is 1.42. The van der Waals surface area contributed by atoms with Crippen molar-refractivity contribution in [3.8, 4) is 0 Å². The van der Waals surface area contributed by atoms with Gasteiger partial charge in [-0.15, -0.1) is 0 Å². The Labute approximate surface area is 97.3 Å². The molecule has 1 rings (SSSR count). The van der Waals surface area contributed by atoms with Gasteiger partial charge in [-0.05, 0) is 29.3 Å². The minimum atomic E-state index is -0.962. The molecule has 5 heteroatoms. The molecule has 0 unspecified atom stereocenters. The van der Waals surface area contributed by atoms with Gasteiger partial charge in [-0.3, -0.25) is 9.59 Å². The number of carboxylic acid groups (broad SMARTS) is 1. The first-order chi connectivity index (χ1) is 7.49. The summed E-state index contributed by atoms with van der Waals surface area (Å²) in [6.07, 6.45) is 2.49. The second-order valence-electron chi connectivity index (χ2n) is 3.15. The molecule has 84 valence electrons. The zero-order chi connectivity index (χ0) is 12.1. The summed E-state index contributed by atoms with van der Waals surface area (Å²) in [5.41, 5.74) is 6.11. The number of nitrogens with two attached hydrogens (primary N) is 1. The summed E-state index contributed by atoms with van der Waals surface area (Å²) >= 11 is 5.75. The summed E-state index contributed by atoms with van der Waals surface area (Å²) < 4.78 is 0. The molecule has 0 aliphatic heterocycles. The number of halogens is 1. The molecule has 1 aromatic rings. The second kappa shape index (κ2) is 5.32. The molecule has 1 amide bonds. The first kappa shape index (κ1) is 12.3. The van der Waals surface area contributed by atoms with Crippen LogP contribution < -0.4 is 5.73 Å². The van der Waals surface area contributed by atoms with Gasteiger partial charge < -0.3 is 10.8 Å². The zero-order valence-electron chi connectivity index (χ0n) is 8.31. The number of hydrogen-bond acceptors (Lipinski definition) is 2. The predicted octanol–water partition coefficient (Wildman–Crippen LogP) is 1.47. The van der Waals surface area contributed by atoms with Crippen LogP contribution in [0.5, 0.6) is 0 Å². The minimum absolute atomic E-state index is 0.154. The van der Waals surface area contributed by atoms with Gasteiger partial charge in [0.05, 0.1) is 6.42 Å². The van der Waals surface area contributed by atoms with Crippen molar-refractivity contribution in [2.75, 3.05) is 0 Å². The van der Waals surface area contributed by atoms with Crippen molar-refractivity contribution < 1.29 is 14.7 Å². The molecule has 0 heterocycles. The summed E-state index contributed by atoms with van der Waals surface area (Å²) in [4.78, 5) is 21.2. The smallest absolute Gasteiger partial charge is 0.307 e. The van der Waals surface area contributed by atoms with E-state index in [-0.39, 0.29) is 6.42 Å². The average molecular weight is 240 g/mol. The number of carbonyl (C=O) groups excluding carboxylic acids is 1. The Kier molecular flexibility index (Phi) is 4.08. The van der Waals surface area contributed by atoms with Gasteiger partial charge in [0.1, 0.15) is 0 Å². The fraction of sp³-hybridized carbons (Fsp3) is 0.0909. The number of amides is 1. The van der Waals surface area contributed by atoms with Gasteiger partial charge in [0.25, 0.3) is 0 Å². The van der Waals surface area contributed by atoms with Crippen LogP contribution in [0.2, 0.25) is 5.02 Å². The molecule has 0 aromatic heterocycles. The second-order valence-corrected chi connectivity index (χ2v) is 3.59. The van der Waals surface area contributed by atoms with E-state index in [0.29, 0.717) is 16.1 Å². The molecule has 0 atom stereocenters.